The smallest absolute Gasteiger partial charge is 0.258 e. The molecule has 0 aliphatic heterocycles. The molecule has 8 heteroatoms. The third-order valence-corrected chi connectivity index (χ3v) is 4.39. The van der Waals surface area contributed by atoms with Gasteiger partial charge in [-0.2, -0.15) is 0 Å². The molecular formula is C9H11ClN2O4S. The van der Waals surface area contributed by atoms with Gasteiger partial charge in [-0.3, -0.25) is 10.1 Å². The van der Waals surface area contributed by atoms with E-state index < -0.39 is 14.8 Å². The molecule has 0 saturated heterocycles. The largest absolute Gasteiger partial charge is 0.292 e. The van der Waals surface area contributed by atoms with Gasteiger partial charge in [0.25, 0.3) is 5.69 Å². The van der Waals surface area contributed by atoms with E-state index in [1.165, 1.54) is 6.92 Å². The van der Waals surface area contributed by atoms with Gasteiger partial charge in [0.2, 0.25) is 0 Å². The fourth-order valence-electron chi connectivity index (χ4n) is 1.29. The van der Waals surface area contributed by atoms with E-state index in [2.05, 4.69) is 4.98 Å². The summed E-state index contributed by atoms with van der Waals surface area (Å²) in [4.78, 5) is 13.6. The molecule has 0 amide bonds. The molecule has 0 aliphatic carbocycles. The predicted octanol–water partition coefficient (Wildman–Crippen LogP) is 2.00. The SMILES string of the molecule is CCc1nc(Cl)c(S(=O)(=O)CC)cc1[N+](=O)[O-]. The molecule has 0 aromatic carbocycles. The first-order chi connectivity index (χ1) is 7.83. The number of halogens is 1. The van der Waals surface area contributed by atoms with Crippen LogP contribution in [0.15, 0.2) is 11.0 Å². The average Bonchev–Trinajstić information content (AvgIpc) is 2.27. The van der Waals surface area contributed by atoms with Gasteiger partial charge < -0.3 is 0 Å². The lowest BCUT2D eigenvalue weighted by Crippen LogP contribution is -2.08. The van der Waals surface area contributed by atoms with Crippen molar-refractivity contribution in [2.45, 2.75) is 25.2 Å². The second kappa shape index (κ2) is 4.97. The molecule has 1 aromatic rings. The predicted molar refractivity (Wildman–Crippen MR) is 63.0 cm³/mol. The van der Waals surface area contributed by atoms with Crippen molar-refractivity contribution in [2.75, 3.05) is 5.75 Å². The zero-order chi connectivity index (χ0) is 13.2. The minimum absolute atomic E-state index is 0.176. The van der Waals surface area contributed by atoms with E-state index in [-0.39, 0.29) is 27.2 Å². The van der Waals surface area contributed by atoms with Crippen molar-refractivity contribution in [3.05, 3.63) is 27.0 Å². The molecule has 0 radical (unpaired) electrons. The monoisotopic (exact) mass is 278 g/mol. The highest BCUT2D eigenvalue weighted by atomic mass is 35.5. The Hall–Kier alpha value is -1.21. The number of aryl methyl sites for hydroxylation is 1. The quantitative estimate of drug-likeness (QED) is 0.477. The van der Waals surface area contributed by atoms with E-state index in [1.54, 1.807) is 6.92 Å². The Labute approximate surface area is 104 Å². The Kier molecular flexibility index (Phi) is 4.05. The summed E-state index contributed by atoms with van der Waals surface area (Å²) >= 11 is 5.74. The van der Waals surface area contributed by atoms with Gasteiger partial charge in [-0.15, -0.1) is 0 Å². The van der Waals surface area contributed by atoms with Crippen LogP contribution in [0.1, 0.15) is 19.5 Å². The minimum atomic E-state index is -3.61. The van der Waals surface area contributed by atoms with E-state index >= 15 is 0 Å². The first-order valence-electron chi connectivity index (χ1n) is 4.90. The fraction of sp³-hybridized carbons (Fsp3) is 0.444. The highest BCUT2D eigenvalue weighted by molar-refractivity contribution is 7.91. The fourth-order valence-corrected chi connectivity index (χ4v) is 2.70. The molecular weight excluding hydrogens is 268 g/mol. The Morgan fingerprint density at radius 2 is 2.06 bits per heavy atom. The number of hydrogen-bond donors (Lipinski definition) is 0. The summed E-state index contributed by atoms with van der Waals surface area (Å²) in [6.07, 6.45) is 0.308. The van der Waals surface area contributed by atoms with Crippen LogP contribution >= 0.6 is 11.6 Å². The molecule has 0 atom stereocenters. The number of hydrogen-bond acceptors (Lipinski definition) is 5. The Morgan fingerprint density at radius 1 is 1.47 bits per heavy atom. The standard InChI is InChI=1S/C9H11ClN2O4S/c1-3-6-7(12(13)14)5-8(9(10)11-6)17(15,16)4-2/h5H,3-4H2,1-2H3. The third kappa shape index (κ3) is 2.73. The van der Waals surface area contributed by atoms with Gasteiger partial charge in [0.05, 0.1) is 10.7 Å². The molecule has 1 aromatic heterocycles. The van der Waals surface area contributed by atoms with Crippen LogP contribution in [0.4, 0.5) is 5.69 Å². The topological polar surface area (TPSA) is 90.2 Å². The van der Waals surface area contributed by atoms with Crippen molar-refractivity contribution in [1.29, 1.82) is 0 Å². The van der Waals surface area contributed by atoms with Crippen LogP contribution in [0.5, 0.6) is 0 Å². The summed E-state index contributed by atoms with van der Waals surface area (Å²) in [6, 6.07) is 0.979. The first-order valence-corrected chi connectivity index (χ1v) is 6.93. The summed E-state index contributed by atoms with van der Waals surface area (Å²) in [7, 11) is -3.61. The van der Waals surface area contributed by atoms with Crippen LogP contribution in [0.2, 0.25) is 5.15 Å². The second-order valence-corrected chi connectivity index (χ2v) is 5.86. The van der Waals surface area contributed by atoms with Crippen LogP contribution in [0.25, 0.3) is 0 Å². The summed E-state index contributed by atoms with van der Waals surface area (Å²) in [5.41, 5.74) is -0.140. The highest BCUT2D eigenvalue weighted by Crippen LogP contribution is 2.28. The summed E-state index contributed by atoms with van der Waals surface area (Å²) < 4.78 is 23.3. The Morgan fingerprint density at radius 3 is 2.47 bits per heavy atom. The average molecular weight is 279 g/mol. The molecule has 94 valence electrons. The lowest BCUT2D eigenvalue weighted by atomic mass is 10.2. The Balaban J connectivity index is 3.56. The minimum Gasteiger partial charge on any atom is -0.258 e. The summed E-state index contributed by atoms with van der Waals surface area (Å²) in [5.74, 6) is -0.184. The molecule has 1 rings (SSSR count). The van der Waals surface area contributed by atoms with E-state index in [1.807, 2.05) is 0 Å². The molecule has 0 unspecified atom stereocenters. The lowest BCUT2D eigenvalue weighted by molar-refractivity contribution is -0.386. The third-order valence-electron chi connectivity index (χ3n) is 2.25. The molecule has 0 saturated carbocycles. The molecule has 0 fully saturated rings. The lowest BCUT2D eigenvalue weighted by Gasteiger charge is -2.06. The van der Waals surface area contributed by atoms with Crippen molar-refractivity contribution in [3.8, 4) is 0 Å². The molecule has 1 heterocycles. The van der Waals surface area contributed by atoms with Gasteiger partial charge in [-0.1, -0.05) is 25.4 Å². The second-order valence-electron chi connectivity index (χ2n) is 3.26. The van der Waals surface area contributed by atoms with Crippen LogP contribution in [-0.2, 0) is 16.3 Å². The van der Waals surface area contributed by atoms with Crippen molar-refractivity contribution in [3.63, 3.8) is 0 Å². The number of nitro groups is 1. The summed E-state index contributed by atoms with van der Waals surface area (Å²) in [5, 5.41) is 10.6. The van der Waals surface area contributed by atoms with E-state index in [4.69, 9.17) is 11.6 Å². The van der Waals surface area contributed by atoms with E-state index in [9.17, 15) is 18.5 Å². The van der Waals surface area contributed by atoms with Crippen LogP contribution < -0.4 is 0 Å². The maximum atomic E-state index is 11.6. The zero-order valence-corrected chi connectivity index (χ0v) is 10.9. The van der Waals surface area contributed by atoms with Gasteiger partial charge in [0.15, 0.2) is 9.84 Å². The maximum Gasteiger partial charge on any atom is 0.292 e. The molecule has 0 aliphatic rings. The first kappa shape index (κ1) is 13.9. The van der Waals surface area contributed by atoms with Gasteiger partial charge in [-0.05, 0) is 6.42 Å². The van der Waals surface area contributed by atoms with Crippen LogP contribution in [0, 0.1) is 10.1 Å². The van der Waals surface area contributed by atoms with Crippen molar-refractivity contribution in [2.24, 2.45) is 0 Å². The highest BCUT2D eigenvalue weighted by Gasteiger charge is 2.24. The van der Waals surface area contributed by atoms with E-state index in [0.717, 1.165) is 6.07 Å². The molecule has 0 N–H and O–H groups in total. The van der Waals surface area contributed by atoms with Gasteiger partial charge >= 0.3 is 0 Å². The Bertz CT molecular complexity index is 556. The van der Waals surface area contributed by atoms with Crippen LogP contribution in [-0.4, -0.2) is 24.1 Å². The summed E-state index contributed by atoms with van der Waals surface area (Å²) in [6.45, 7) is 3.12. The molecule has 0 spiro atoms. The molecule has 6 nitrogen and oxygen atoms in total. The number of sulfone groups is 1. The zero-order valence-electron chi connectivity index (χ0n) is 9.31. The maximum absolute atomic E-state index is 11.6. The number of pyridine rings is 1. The van der Waals surface area contributed by atoms with Crippen LogP contribution in [0.3, 0.4) is 0 Å². The normalized spacial score (nSPS) is 11.5. The van der Waals surface area contributed by atoms with Gasteiger partial charge in [-0.25, -0.2) is 13.4 Å². The molecule has 17 heavy (non-hydrogen) atoms. The van der Waals surface area contributed by atoms with E-state index in [0.29, 0.717) is 6.42 Å². The molecule has 0 bridgehead atoms. The number of rotatable bonds is 4. The van der Waals surface area contributed by atoms with Gasteiger partial charge in [0.1, 0.15) is 15.7 Å². The number of aromatic nitrogens is 1. The van der Waals surface area contributed by atoms with Crippen molar-refractivity contribution >= 4 is 27.1 Å². The van der Waals surface area contributed by atoms with Crippen molar-refractivity contribution in [1.82, 2.24) is 4.98 Å². The van der Waals surface area contributed by atoms with Crippen molar-refractivity contribution < 1.29 is 13.3 Å². The van der Waals surface area contributed by atoms with Gasteiger partial charge in [0, 0.05) is 6.07 Å². The number of nitrogens with zero attached hydrogens (tertiary/aromatic N) is 2.